The summed E-state index contributed by atoms with van der Waals surface area (Å²) in [5.41, 5.74) is 2.27. The van der Waals surface area contributed by atoms with Crippen molar-refractivity contribution in [1.82, 2.24) is 9.55 Å². The lowest BCUT2D eigenvalue weighted by Crippen LogP contribution is -2.34. The molecule has 0 spiro atoms. The van der Waals surface area contributed by atoms with Crippen LogP contribution in [-0.4, -0.2) is 27.9 Å². The highest BCUT2D eigenvalue weighted by molar-refractivity contribution is 7.14. The smallest absolute Gasteiger partial charge is 0.365 e. The van der Waals surface area contributed by atoms with Crippen LogP contribution in [0.3, 0.4) is 0 Å². The van der Waals surface area contributed by atoms with Crippen molar-refractivity contribution in [2.24, 2.45) is 5.73 Å². The summed E-state index contributed by atoms with van der Waals surface area (Å²) < 4.78 is 40.0. The molecule has 0 aliphatic heterocycles. The van der Waals surface area contributed by atoms with Crippen LogP contribution >= 0.6 is 11.3 Å². The first-order chi connectivity index (χ1) is 12.1. The molecule has 0 aliphatic carbocycles. The number of nitrogens with two attached hydrogens (primary N) is 1. The minimum Gasteiger partial charge on any atom is -0.365 e. The number of carbonyl (C=O) groups excluding carboxylic acids is 2. The Morgan fingerprint density at radius 3 is 2.50 bits per heavy atom. The van der Waals surface area contributed by atoms with Gasteiger partial charge in [0.05, 0.1) is 12.2 Å². The Balaban J connectivity index is 2.50. The first kappa shape index (κ1) is 19.6. The number of pyridine rings is 1. The Kier molecular flexibility index (Phi) is 5.50. The number of halogens is 3. The quantitative estimate of drug-likeness (QED) is 0.845. The van der Waals surface area contributed by atoms with Gasteiger partial charge in [-0.3, -0.25) is 23.9 Å². The summed E-state index contributed by atoms with van der Waals surface area (Å²) in [5.74, 6) is -1.39. The second-order valence-electron chi connectivity index (χ2n) is 5.27. The van der Waals surface area contributed by atoms with Crippen LogP contribution in [0.4, 0.5) is 18.3 Å². The minimum absolute atomic E-state index is 0.152. The Morgan fingerprint density at radius 1 is 1.35 bits per heavy atom. The van der Waals surface area contributed by atoms with Gasteiger partial charge in [-0.2, -0.15) is 13.2 Å². The van der Waals surface area contributed by atoms with E-state index in [1.165, 1.54) is 17.2 Å². The van der Waals surface area contributed by atoms with Crippen LogP contribution in [0.5, 0.6) is 0 Å². The molecule has 2 aromatic heterocycles. The van der Waals surface area contributed by atoms with Crippen molar-refractivity contribution in [3.63, 3.8) is 0 Å². The molecular formula is C15H15F3N4O3S. The molecule has 11 heteroatoms. The Morgan fingerprint density at radius 2 is 2.00 bits per heavy atom. The largest absolute Gasteiger partial charge is 0.431 e. The van der Waals surface area contributed by atoms with Gasteiger partial charge in [0.1, 0.15) is 11.3 Å². The topological polar surface area (TPSA) is 98.3 Å². The van der Waals surface area contributed by atoms with Crippen molar-refractivity contribution in [2.75, 3.05) is 11.4 Å². The fourth-order valence-electron chi connectivity index (χ4n) is 2.32. The predicted octanol–water partition coefficient (Wildman–Crippen LogP) is 1.84. The standard InChI is InChI=1S/C15H15F3N4O3S/c1-3-21(8(2)23)14-20-9(7-26-14)6-22-11(15(16,17)18)5-4-10(12(19)24)13(22)25/h4-5,7H,3,6H2,1-2H3,(H2,19,24). The molecule has 0 aliphatic rings. The number of hydrogen-bond acceptors (Lipinski definition) is 5. The van der Waals surface area contributed by atoms with Gasteiger partial charge in [-0.25, -0.2) is 4.98 Å². The predicted molar refractivity (Wildman–Crippen MR) is 89.1 cm³/mol. The SMILES string of the molecule is CCN(C(C)=O)c1nc(Cn2c(C(F)(F)F)ccc(C(N)=O)c2=O)cs1. The van der Waals surface area contributed by atoms with Gasteiger partial charge in [-0.15, -0.1) is 11.3 Å². The minimum atomic E-state index is -4.80. The van der Waals surface area contributed by atoms with E-state index in [2.05, 4.69) is 4.98 Å². The highest BCUT2D eigenvalue weighted by Crippen LogP contribution is 2.29. The Labute approximate surface area is 149 Å². The normalized spacial score (nSPS) is 11.4. The van der Waals surface area contributed by atoms with Crippen LogP contribution in [0.15, 0.2) is 22.3 Å². The number of primary amides is 1. The van der Waals surface area contributed by atoms with Gasteiger partial charge in [0.2, 0.25) is 5.91 Å². The fraction of sp³-hybridized carbons (Fsp3) is 0.333. The average Bonchev–Trinajstić information content (AvgIpc) is 2.96. The average molecular weight is 388 g/mol. The zero-order valence-corrected chi connectivity index (χ0v) is 14.6. The number of hydrogen-bond donors (Lipinski definition) is 1. The van der Waals surface area contributed by atoms with E-state index in [0.717, 1.165) is 17.4 Å². The molecule has 2 N–H and O–H groups in total. The molecule has 7 nitrogen and oxygen atoms in total. The first-order valence-electron chi connectivity index (χ1n) is 7.39. The molecule has 0 radical (unpaired) electrons. The third-order valence-electron chi connectivity index (χ3n) is 3.52. The van der Waals surface area contributed by atoms with Crippen LogP contribution in [0.1, 0.15) is 35.6 Å². The van der Waals surface area contributed by atoms with E-state index < -0.39 is 35.4 Å². The zero-order valence-electron chi connectivity index (χ0n) is 13.8. The van der Waals surface area contributed by atoms with Crippen molar-refractivity contribution >= 4 is 28.3 Å². The molecular weight excluding hydrogens is 373 g/mol. The molecule has 2 heterocycles. The molecule has 0 fully saturated rings. The van der Waals surface area contributed by atoms with E-state index in [1.54, 1.807) is 6.92 Å². The number of nitrogens with zero attached hydrogens (tertiary/aromatic N) is 3. The first-order valence-corrected chi connectivity index (χ1v) is 8.27. The Hall–Kier alpha value is -2.69. The summed E-state index contributed by atoms with van der Waals surface area (Å²) in [6, 6.07) is 1.38. The lowest BCUT2D eigenvalue weighted by Gasteiger charge is -2.16. The zero-order chi connectivity index (χ0) is 19.6. The number of carbonyl (C=O) groups is 2. The van der Waals surface area contributed by atoms with Crippen molar-refractivity contribution in [1.29, 1.82) is 0 Å². The lowest BCUT2D eigenvalue weighted by atomic mass is 10.2. The molecule has 140 valence electrons. The van der Waals surface area contributed by atoms with Gasteiger partial charge in [0, 0.05) is 18.8 Å². The maximum atomic E-state index is 13.2. The molecule has 0 saturated carbocycles. The van der Waals surface area contributed by atoms with E-state index in [4.69, 9.17) is 5.73 Å². The summed E-state index contributed by atoms with van der Waals surface area (Å²) in [5, 5.41) is 1.76. The number of amides is 2. The number of alkyl halides is 3. The summed E-state index contributed by atoms with van der Waals surface area (Å²) in [7, 11) is 0. The summed E-state index contributed by atoms with van der Waals surface area (Å²) in [6.45, 7) is 2.90. The maximum absolute atomic E-state index is 13.2. The summed E-state index contributed by atoms with van der Waals surface area (Å²) in [4.78, 5) is 40.5. The second kappa shape index (κ2) is 7.28. The highest BCUT2D eigenvalue weighted by Gasteiger charge is 2.35. The monoisotopic (exact) mass is 388 g/mol. The van der Waals surface area contributed by atoms with E-state index in [9.17, 15) is 27.6 Å². The van der Waals surface area contributed by atoms with Crippen LogP contribution in [0.2, 0.25) is 0 Å². The third-order valence-corrected chi connectivity index (χ3v) is 4.43. The van der Waals surface area contributed by atoms with E-state index >= 15 is 0 Å². The molecule has 2 rings (SSSR count). The number of aromatic nitrogens is 2. The molecule has 2 aromatic rings. The molecule has 0 unspecified atom stereocenters. The van der Waals surface area contributed by atoms with Gasteiger partial charge < -0.3 is 5.73 Å². The van der Waals surface area contributed by atoms with Gasteiger partial charge >= 0.3 is 6.18 Å². The summed E-state index contributed by atoms with van der Waals surface area (Å²) >= 11 is 1.07. The van der Waals surface area contributed by atoms with E-state index in [1.807, 2.05) is 0 Å². The molecule has 0 atom stereocenters. The molecule has 26 heavy (non-hydrogen) atoms. The number of anilines is 1. The highest BCUT2D eigenvalue weighted by atomic mass is 32.1. The van der Waals surface area contributed by atoms with E-state index in [-0.39, 0.29) is 11.6 Å². The molecule has 0 aromatic carbocycles. The van der Waals surface area contributed by atoms with Crippen molar-refractivity contribution in [3.05, 3.63) is 44.8 Å². The van der Waals surface area contributed by atoms with Gasteiger partial charge in [0.25, 0.3) is 11.5 Å². The third kappa shape index (κ3) is 3.93. The molecule has 2 amide bonds. The van der Waals surface area contributed by atoms with Crippen molar-refractivity contribution < 1.29 is 22.8 Å². The van der Waals surface area contributed by atoms with Crippen LogP contribution < -0.4 is 16.2 Å². The molecule has 0 bridgehead atoms. The lowest BCUT2D eigenvalue weighted by molar-refractivity contribution is -0.144. The van der Waals surface area contributed by atoms with E-state index in [0.29, 0.717) is 22.3 Å². The Bertz CT molecular complexity index is 904. The number of rotatable bonds is 5. The van der Waals surface area contributed by atoms with Crippen molar-refractivity contribution in [3.8, 4) is 0 Å². The second-order valence-corrected chi connectivity index (χ2v) is 6.11. The van der Waals surface area contributed by atoms with Gasteiger partial charge in [-0.05, 0) is 19.1 Å². The van der Waals surface area contributed by atoms with Crippen molar-refractivity contribution in [2.45, 2.75) is 26.6 Å². The molecule has 0 saturated heterocycles. The fourth-order valence-corrected chi connectivity index (χ4v) is 3.24. The van der Waals surface area contributed by atoms with Crippen LogP contribution in [-0.2, 0) is 17.5 Å². The summed E-state index contributed by atoms with van der Waals surface area (Å²) in [6.07, 6.45) is -4.80. The van der Waals surface area contributed by atoms with Crippen LogP contribution in [0, 0.1) is 0 Å². The van der Waals surface area contributed by atoms with Crippen LogP contribution in [0.25, 0.3) is 0 Å². The van der Waals surface area contributed by atoms with Gasteiger partial charge in [0.15, 0.2) is 5.13 Å². The maximum Gasteiger partial charge on any atom is 0.431 e. The van der Waals surface area contributed by atoms with Gasteiger partial charge in [-0.1, -0.05) is 0 Å². The number of thiazole rings is 1.